The Morgan fingerprint density at radius 1 is 0.769 bits per heavy atom. The third-order valence-corrected chi connectivity index (χ3v) is 4.54. The van der Waals surface area contributed by atoms with Crippen LogP contribution < -0.4 is 5.32 Å². The van der Waals surface area contributed by atoms with Crippen molar-refractivity contribution in [3.8, 4) is 0 Å². The number of carbonyl (C=O) groups excluding carboxylic acids is 2. The van der Waals surface area contributed by atoms with E-state index in [-0.39, 0.29) is 18.3 Å². The van der Waals surface area contributed by atoms with E-state index in [2.05, 4.69) is 29.1 Å². The van der Waals surface area contributed by atoms with Gasteiger partial charge in [0.25, 0.3) is 0 Å². The lowest BCUT2D eigenvalue weighted by Gasteiger charge is -2.04. The molecule has 0 aliphatic heterocycles. The van der Waals surface area contributed by atoms with E-state index in [4.69, 9.17) is 0 Å². The molecule has 4 heteroatoms. The highest BCUT2D eigenvalue weighted by Gasteiger charge is 2.03. The topological polar surface area (TPSA) is 55.4 Å². The molecule has 152 valence electrons. The fraction of sp³-hybridized carbons (Fsp3) is 0.818. The fourth-order valence-electron chi connectivity index (χ4n) is 2.85. The molecule has 0 radical (unpaired) electrons. The molecule has 0 aliphatic carbocycles. The van der Waals surface area contributed by atoms with Gasteiger partial charge in [0, 0.05) is 13.0 Å². The first kappa shape index (κ1) is 24.7. The van der Waals surface area contributed by atoms with E-state index < -0.39 is 0 Å². The van der Waals surface area contributed by atoms with Gasteiger partial charge in [0.2, 0.25) is 5.91 Å². The number of hydrogen-bond acceptors (Lipinski definition) is 3. The zero-order chi connectivity index (χ0) is 19.3. The number of rotatable bonds is 18. The largest absolute Gasteiger partial charge is 0.469 e. The van der Waals surface area contributed by atoms with Crippen LogP contribution in [-0.4, -0.2) is 25.5 Å². The second-order valence-electron chi connectivity index (χ2n) is 7.01. The maximum absolute atomic E-state index is 11.6. The normalized spacial score (nSPS) is 11.0. The second-order valence-corrected chi connectivity index (χ2v) is 7.01. The monoisotopic (exact) mass is 367 g/mol. The Balaban J connectivity index is 3.24. The summed E-state index contributed by atoms with van der Waals surface area (Å²) in [5.41, 5.74) is 0. The van der Waals surface area contributed by atoms with Crippen molar-refractivity contribution >= 4 is 11.9 Å². The third-order valence-electron chi connectivity index (χ3n) is 4.54. The molecular weight excluding hydrogens is 326 g/mol. The fourth-order valence-corrected chi connectivity index (χ4v) is 2.85. The van der Waals surface area contributed by atoms with Crippen LogP contribution in [0, 0.1) is 0 Å². The highest BCUT2D eigenvalue weighted by Crippen LogP contribution is 2.09. The molecule has 1 N–H and O–H groups in total. The van der Waals surface area contributed by atoms with Crippen LogP contribution in [0.25, 0.3) is 0 Å². The molecule has 0 atom stereocenters. The van der Waals surface area contributed by atoms with Crippen molar-refractivity contribution in [2.45, 2.75) is 103 Å². The Labute approximate surface area is 161 Å². The number of hydrogen-bond donors (Lipinski definition) is 1. The number of methoxy groups -OCH3 is 1. The lowest BCUT2D eigenvalue weighted by atomic mass is 10.1. The molecule has 0 unspecified atom stereocenters. The lowest BCUT2D eigenvalue weighted by Crippen LogP contribution is -2.25. The van der Waals surface area contributed by atoms with Gasteiger partial charge < -0.3 is 10.1 Å². The van der Waals surface area contributed by atoms with Gasteiger partial charge in [-0.15, -0.1) is 0 Å². The number of ether oxygens (including phenoxy) is 1. The minimum atomic E-state index is -0.286. The maximum atomic E-state index is 11.6. The van der Waals surface area contributed by atoms with Crippen LogP contribution in [0.2, 0.25) is 0 Å². The first-order chi connectivity index (χ1) is 12.7. The summed E-state index contributed by atoms with van der Waals surface area (Å²) in [7, 11) is 1.36. The van der Waals surface area contributed by atoms with E-state index >= 15 is 0 Å². The van der Waals surface area contributed by atoms with E-state index in [0.29, 0.717) is 13.0 Å². The standard InChI is InChI=1S/C22H41NO3/c1-3-4-5-6-7-8-9-10-11-12-13-14-15-16-17-18-21(24)23-20-19-22(25)26-2/h10-11H,3-9,12-20H2,1-2H3,(H,23,24)/b11-10-. The van der Waals surface area contributed by atoms with Gasteiger partial charge in [0.05, 0.1) is 13.5 Å². The summed E-state index contributed by atoms with van der Waals surface area (Å²) in [4.78, 5) is 22.5. The molecule has 0 rings (SSSR count). The zero-order valence-corrected chi connectivity index (χ0v) is 17.2. The molecule has 0 aromatic rings. The summed E-state index contributed by atoms with van der Waals surface area (Å²) in [5.74, 6) is -0.252. The molecule has 0 fully saturated rings. The Morgan fingerprint density at radius 3 is 1.88 bits per heavy atom. The van der Waals surface area contributed by atoms with Gasteiger partial charge >= 0.3 is 5.97 Å². The van der Waals surface area contributed by atoms with Gasteiger partial charge in [-0.3, -0.25) is 9.59 Å². The summed E-state index contributed by atoms with van der Waals surface area (Å²) in [6, 6.07) is 0. The van der Waals surface area contributed by atoms with E-state index in [1.807, 2.05) is 0 Å². The smallest absolute Gasteiger partial charge is 0.307 e. The summed E-state index contributed by atoms with van der Waals surface area (Å²) in [5, 5.41) is 2.75. The van der Waals surface area contributed by atoms with Crippen LogP contribution in [0.15, 0.2) is 12.2 Å². The quantitative estimate of drug-likeness (QED) is 0.192. The van der Waals surface area contributed by atoms with E-state index in [9.17, 15) is 9.59 Å². The minimum absolute atomic E-state index is 0.0338. The summed E-state index contributed by atoms with van der Waals surface area (Å²) in [6.45, 7) is 2.63. The molecule has 0 aromatic carbocycles. The van der Waals surface area contributed by atoms with Crippen LogP contribution >= 0.6 is 0 Å². The summed E-state index contributed by atoms with van der Waals surface area (Å²) < 4.78 is 4.53. The van der Waals surface area contributed by atoms with Crippen molar-refractivity contribution in [3.05, 3.63) is 12.2 Å². The number of unbranched alkanes of at least 4 members (excludes halogenated alkanes) is 11. The molecule has 0 bridgehead atoms. The molecule has 0 saturated heterocycles. The predicted octanol–water partition coefficient (Wildman–Crippen LogP) is 5.70. The average molecular weight is 368 g/mol. The highest BCUT2D eigenvalue weighted by molar-refractivity contribution is 5.76. The Morgan fingerprint density at radius 2 is 1.31 bits per heavy atom. The molecule has 26 heavy (non-hydrogen) atoms. The van der Waals surface area contributed by atoms with E-state index in [1.165, 1.54) is 77.7 Å². The van der Waals surface area contributed by atoms with Crippen molar-refractivity contribution in [2.75, 3.05) is 13.7 Å². The van der Waals surface area contributed by atoms with Gasteiger partial charge in [0.1, 0.15) is 0 Å². The van der Waals surface area contributed by atoms with E-state index in [0.717, 1.165) is 12.8 Å². The average Bonchev–Trinajstić information content (AvgIpc) is 2.64. The first-order valence-electron chi connectivity index (χ1n) is 10.7. The van der Waals surface area contributed by atoms with Crippen molar-refractivity contribution in [1.82, 2.24) is 5.32 Å². The Bertz CT molecular complexity index is 366. The van der Waals surface area contributed by atoms with Gasteiger partial charge in [-0.2, -0.15) is 0 Å². The number of amides is 1. The molecule has 1 amide bonds. The molecule has 0 spiro atoms. The van der Waals surface area contributed by atoms with Gasteiger partial charge in [-0.25, -0.2) is 0 Å². The first-order valence-corrected chi connectivity index (χ1v) is 10.7. The number of esters is 1. The van der Waals surface area contributed by atoms with Crippen molar-refractivity contribution in [1.29, 1.82) is 0 Å². The third kappa shape index (κ3) is 19.0. The Kier molecular flexibility index (Phi) is 19.0. The number of carbonyl (C=O) groups is 2. The molecule has 0 saturated carbocycles. The number of nitrogens with one attached hydrogen (secondary N) is 1. The van der Waals surface area contributed by atoms with Crippen LogP contribution in [0.5, 0.6) is 0 Å². The predicted molar refractivity (Wildman–Crippen MR) is 109 cm³/mol. The lowest BCUT2D eigenvalue weighted by molar-refractivity contribution is -0.140. The molecule has 4 nitrogen and oxygen atoms in total. The number of allylic oxidation sites excluding steroid dienone is 2. The van der Waals surface area contributed by atoms with Crippen LogP contribution in [-0.2, 0) is 14.3 Å². The molecule has 0 aromatic heterocycles. The Hall–Kier alpha value is -1.32. The molecule has 0 heterocycles. The second kappa shape index (κ2) is 20.0. The van der Waals surface area contributed by atoms with E-state index in [1.54, 1.807) is 0 Å². The highest BCUT2D eigenvalue weighted by atomic mass is 16.5. The summed E-state index contributed by atoms with van der Waals surface area (Å²) >= 11 is 0. The van der Waals surface area contributed by atoms with Gasteiger partial charge in [0.15, 0.2) is 0 Å². The van der Waals surface area contributed by atoms with Crippen LogP contribution in [0.4, 0.5) is 0 Å². The van der Waals surface area contributed by atoms with Crippen molar-refractivity contribution in [3.63, 3.8) is 0 Å². The molecular formula is C22H41NO3. The minimum Gasteiger partial charge on any atom is -0.469 e. The summed E-state index contributed by atoms with van der Waals surface area (Å²) in [6.07, 6.45) is 21.8. The maximum Gasteiger partial charge on any atom is 0.307 e. The van der Waals surface area contributed by atoms with Crippen molar-refractivity contribution < 1.29 is 14.3 Å². The zero-order valence-electron chi connectivity index (χ0n) is 17.2. The van der Waals surface area contributed by atoms with Crippen LogP contribution in [0.1, 0.15) is 103 Å². The molecule has 0 aliphatic rings. The SMILES string of the molecule is CCCCCCCC/C=C\CCCCCCCC(=O)NCCC(=O)OC. The van der Waals surface area contributed by atoms with Gasteiger partial charge in [-0.1, -0.05) is 70.4 Å². The van der Waals surface area contributed by atoms with Crippen LogP contribution in [0.3, 0.4) is 0 Å². The van der Waals surface area contributed by atoms with Crippen molar-refractivity contribution in [2.24, 2.45) is 0 Å². The van der Waals surface area contributed by atoms with Gasteiger partial charge in [-0.05, 0) is 32.1 Å².